The summed E-state index contributed by atoms with van der Waals surface area (Å²) in [7, 11) is 0. The van der Waals surface area contributed by atoms with Crippen molar-refractivity contribution in [1.29, 1.82) is 0 Å². The minimum atomic E-state index is 0.279. The highest BCUT2D eigenvalue weighted by Crippen LogP contribution is 2.21. The molecule has 1 fully saturated rings. The maximum atomic E-state index is 5.62. The Hall–Kier alpha value is -0.520. The number of hydrogen-bond acceptors (Lipinski definition) is 2. The van der Waals surface area contributed by atoms with Gasteiger partial charge in [-0.2, -0.15) is 0 Å². The molecule has 0 saturated carbocycles. The molecule has 16 heavy (non-hydrogen) atoms. The molecule has 1 rings (SSSR count). The number of hydrogen-bond donors (Lipinski definition) is 1. The van der Waals surface area contributed by atoms with Crippen LogP contribution in [0.3, 0.4) is 0 Å². The molecule has 1 atom stereocenters. The lowest BCUT2D eigenvalue weighted by molar-refractivity contribution is 0.171. The molecule has 1 unspecified atom stereocenters. The lowest BCUT2D eigenvalue weighted by Gasteiger charge is -2.37. The lowest BCUT2D eigenvalue weighted by atomic mass is 9.92. The molecule has 1 heterocycles. The monoisotopic (exact) mass is 222 g/mol. The van der Waals surface area contributed by atoms with E-state index in [0.717, 1.165) is 26.1 Å². The van der Waals surface area contributed by atoms with Crippen LogP contribution in [0.5, 0.6) is 0 Å². The summed E-state index contributed by atoms with van der Waals surface area (Å²) in [5.41, 5.74) is 0.279. The fourth-order valence-corrected chi connectivity index (χ4v) is 2.63. The van der Waals surface area contributed by atoms with Gasteiger partial charge < -0.3 is 5.32 Å². The third kappa shape index (κ3) is 2.99. The molecule has 0 aromatic rings. The van der Waals surface area contributed by atoms with Crippen molar-refractivity contribution in [2.75, 3.05) is 19.6 Å². The van der Waals surface area contributed by atoms with Crippen molar-refractivity contribution in [3.63, 3.8) is 0 Å². The van der Waals surface area contributed by atoms with Gasteiger partial charge >= 0.3 is 0 Å². The van der Waals surface area contributed by atoms with Gasteiger partial charge in [0, 0.05) is 18.6 Å². The van der Waals surface area contributed by atoms with Crippen molar-refractivity contribution in [3.05, 3.63) is 0 Å². The third-order valence-corrected chi connectivity index (χ3v) is 4.00. The van der Waals surface area contributed by atoms with E-state index in [2.05, 4.69) is 36.9 Å². The summed E-state index contributed by atoms with van der Waals surface area (Å²) in [4.78, 5) is 2.49. The van der Waals surface area contributed by atoms with Crippen molar-refractivity contribution < 1.29 is 0 Å². The van der Waals surface area contributed by atoms with Gasteiger partial charge in [-0.05, 0) is 32.2 Å². The van der Waals surface area contributed by atoms with E-state index in [0.29, 0.717) is 6.04 Å². The van der Waals surface area contributed by atoms with Crippen molar-refractivity contribution in [2.45, 2.75) is 58.0 Å². The highest BCUT2D eigenvalue weighted by atomic mass is 15.2. The maximum absolute atomic E-state index is 5.62. The summed E-state index contributed by atoms with van der Waals surface area (Å²) < 4.78 is 0. The standard InChI is InChI=1S/C14H26N2/c1-5-13(6-2)16-11-9-10-15-14(7-3,8-4)12-16/h1,13,15H,6-12H2,2-4H3. The highest BCUT2D eigenvalue weighted by molar-refractivity contribution is 5.02. The van der Waals surface area contributed by atoms with Crippen LogP contribution in [0, 0.1) is 12.3 Å². The minimum absolute atomic E-state index is 0.279. The van der Waals surface area contributed by atoms with Gasteiger partial charge in [-0.25, -0.2) is 0 Å². The van der Waals surface area contributed by atoms with Gasteiger partial charge in [0.1, 0.15) is 0 Å². The zero-order valence-corrected chi connectivity index (χ0v) is 11.1. The zero-order valence-electron chi connectivity index (χ0n) is 11.1. The molecule has 0 aromatic carbocycles. The van der Waals surface area contributed by atoms with Gasteiger partial charge in [-0.3, -0.25) is 4.90 Å². The molecule has 92 valence electrons. The van der Waals surface area contributed by atoms with Crippen LogP contribution in [0.25, 0.3) is 0 Å². The van der Waals surface area contributed by atoms with Crippen molar-refractivity contribution in [2.24, 2.45) is 0 Å². The molecule has 1 aliphatic heterocycles. The van der Waals surface area contributed by atoms with Gasteiger partial charge in [0.25, 0.3) is 0 Å². The first kappa shape index (κ1) is 13.5. The van der Waals surface area contributed by atoms with Crippen LogP contribution in [0.4, 0.5) is 0 Å². The second-order valence-electron chi connectivity index (χ2n) is 4.83. The van der Waals surface area contributed by atoms with Crippen molar-refractivity contribution in [1.82, 2.24) is 10.2 Å². The van der Waals surface area contributed by atoms with Gasteiger partial charge in [-0.15, -0.1) is 6.42 Å². The number of terminal acetylenes is 1. The zero-order chi connectivity index (χ0) is 12.0. The minimum Gasteiger partial charge on any atom is -0.310 e. The van der Waals surface area contributed by atoms with E-state index < -0.39 is 0 Å². The Labute approximate surface area is 101 Å². The molecule has 0 amide bonds. The first-order chi connectivity index (χ1) is 7.71. The fraction of sp³-hybridized carbons (Fsp3) is 0.857. The second kappa shape index (κ2) is 6.27. The van der Waals surface area contributed by atoms with Crippen LogP contribution in [0.2, 0.25) is 0 Å². The van der Waals surface area contributed by atoms with Gasteiger partial charge in [0.2, 0.25) is 0 Å². The first-order valence-corrected chi connectivity index (χ1v) is 6.66. The fourth-order valence-electron chi connectivity index (χ4n) is 2.63. The quantitative estimate of drug-likeness (QED) is 0.734. The molecule has 2 heteroatoms. The predicted molar refractivity (Wildman–Crippen MR) is 70.4 cm³/mol. The third-order valence-electron chi connectivity index (χ3n) is 4.00. The van der Waals surface area contributed by atoms with E-state index in [1.807, 2.05) is 0 Å². The SMILES string of the molecule is C#CC(CC)N1CCCNC(CC)(CC)C1. The average molecular weight is 222 g/mol. The molecule has 0 aromatic heterocycles. The predicted octanol–water partition coefficient (Wildman–Crippen LogP) is 2.25. The molecule has 1 saturated heterocycles. The van der Waals surface area contributed by atoms with E-state index in [4.69, 9.17) is 6.42 Å². The lowest BCUT2D eigenvalue weighted by Crippen LogP contribution is -2.52. The van der Waals surface area contributed by atoms with Crippen LogP contribution in [-0.4, -0.2) is 36.1 Å². The molecular formula is C14H26N2. The molecular weight excluding hydrogens is 196 g/mol. The summed E-state index contributed by atoms with van der Waals surface area (Å²) in [5, 5.41) is 3.72. The van der Waals surface area contributed by atoms with Crippen molar-refractivity contribution in [3.8, 4) is 12.3 Å². The number of nitrogens with one attached hydrogen (secondary N) is 1. The topological polar surface area (TPSA) is 15.3 Å². The average Bonchev–Trinajstić information content (AvgIpc) is 2.54. The normalized spacial score (nSPS) is 23.4. The van der Waals surface area contributed by atoms with Gasteiger partial charge in [-0.1, -0.05) is 26.7 Å². The van der Waals surface area contributed by atoms with E-state index in [1.165, 1.54) is 19.3 Å². The van der Waals surface area contributed by atoms with Crippen LogP contribution >= 0.6 is 0 Å². The smallest absolute Gasteiger partial charge is 0.0709 e. The Kier molecular flexibility index (Phi) is 5.31. The molecule has 0 aliphatic carbocycles. The summed E-state index contributed by atoms with van der Waals surface area (Å²) >= 11 is 0. The second-order valence-corrected chi connectivity index (χ2v) is 4.83. The number of rotatable bonds is 4. The Bertz CT molecular complexity index is 238. The number of nitrogens with zero attached hydrogens (tertiary/aromatic N) is 1. The van der Waals surface area contributed by atoms with Crippen LogP contribution in [0.1, 0.15) is 46.5 Å². The molecule has 1 N–H and O–H groups in total. The molecule has 0 bridgehead atoms. The molecule has 1 aliphatic rings. The Balaban J connectivity index is 2.76. The highest BCUT2D eigenvalue weighted by Gasteiger charge is 2.32. The van der Waals surface area contributed by atoms with Gasteiger partial charge in [0.15, 0.2) is 0 Å². The summed E-state index contributed by atoms with van der Waals surface area (Å²) in [6.45, 7) is 10.1. The van der Waals surface area contributed by atoms with E-state index in [-0.39, 0.29) is 5.54 Å². The van der Waals surface area contributed by atoms with E-state index >= 15 is 0 Å². The maximum Gasteiger partial charge on any atom is 0.0709 e. The summed E-state index contributed by atoms with van der Waals surface area (Å²) in [6, 6.07) is 0.317. The van der Waals surface area contributed by atoms with E-state index in [1.54, 1.807) is 0 Å². The first-order valence-electron chi connectivity index (χ1n) is 6.66. The Morgan fingerprint density at radius 3 is 2.56 bits per heavy atom. The summed E-state index contributed by atoms with van der Waals surface area (Å²) in [5.74, 6) is 2.93. The molecule has 2 nitrogen and oxygen atoms in total. The summed E-state index contributed by atoms with van der Waals surface area (Å²) in [6.07, 6.45) is 10.3. The Morgan fingerprint density at radius 1 is 1.38 bits per heavy atom. The largest absolute Gasteiger partial charge is 0.310 e. The Morgan fingerprint density at radius 2 is 2.06 bits per heavy atom. The van der Waals surface area contributed by atoms with Crippen molar-refractivity contribution >= 4 is 0 Å². The van der Waals surface area contributed by atoms with Gasteiger partial charge in [0.05, 0.1) is 6.04 Å². The molecule has 0 radical (unpaired) electrons. The van der Waals surface area contributed by atoms with Crippen LogP contribution in [0.15, 0.2) is 0 Å². The van der Waals surface area contributed by atoms with E-state index in [9.17, 15) is 0 Å². The van der Waals surface area contributed by atoms with Crippen LogP contribution in [-0.2, 0) is 0 Å². The van der Waals surface area contributed by atoms with Crippen LogP contribution < -0.4 is 5.32 Å². The molecule has 0 spiro atoms.